The van der Waals surface area contributed by atoms with E-state index in [1.807, 2.05) is 0 Å². The van der Waals surface area contributed by atoms with E-state index in [4.69, 9.17) is 16.3 Å². The molecule has 0 spiro atoms. The standard InChI is InChI=1S/C13H7BrClFO2/c14-8-4-5-13(10(15)6-8)18-12-3-1-2-11(16)9(12)7-17/h1-7H. The third-order valence-electron chi connectivity index (χ3n) is 2.24. The first-order valence-electron chi connectivity index (χ1n) is 4.98. The molecule has 0 amide bonds. The number of hydrogen-bond donors (Lipinski definition) is 0. The van der Waals surface area contributed by atoms with Crippen LogP contribution in [0.2, 0.25) is 5.02 Å². The van der Waals surface area contributed by atoms with Gasteiger partial charge in [0.15, 0.2) is 6.29 Å². The van der Waals surface area contributed by atoms with Gasteiger partial charge in [-0.1, -0.05) is 33.6 Å². The van der Waals surface area contributed by atoms with Gasteiger partial charge in [0.25, 0.3) is 0 Å². The van der Waals surface area contributed by atoms with Gasteiger partial charge in [-0.2, -0.15) is 0 Å². The molecule has 0 atom stereocenters. The zero-order valence-electron chi connectivity index (χ0n) is 8.99. The van der Waals surface area contributed by atoms with Gasteiger partial charge in [0.05, 0.1) is 10.6 Å². The first kappa shape index (κ1) is 13.1. The van der Waals surface area contributed by atoms with Crippen LogP contribution in [0.15, 0.2) is 40.9 Å². The van der Waals surface area contributed by atoms with Crippen LogP contribution >= 0.6 is 27.5 Å². The molecule has 0 unspecified atom stereocenters. The number of ether oxygens (including phenoxy) is 1. The first-order valence-corrected chi connectivity index (χ1v) is 6.15. The minimum atomic E-state index is -0.629. The Morgan fingerprint density at radius 1 is 1.22 bits per heavy atom. The van der Waals surface area contributed by atoms with Gasteiger partial charge in [0.2, 0.25) is 0 Å². The van der Waals surface area contributed by atoms with Crippen molar-refractivity contribution in [2.45, 2.75) is 0 Å². The molecule has 0 aliphatic heterocycles. The summed E-state index contributed by atoms with van der Waals surface area (Å²) in [6.07, 6.45) is 0.414. The lowest BCUT2D eigenvalue weighted by Gasteiger charge is -2.10. The van der Waals surface area contributed by atoms with Crippen LogP contribution in [-0.2, 0) is 0 Å². The van der Waals surface area contributed by atoms with Crippen molar-refractivity contribution in [3.8, 4) is 11.5 Å². The summed E-state index contributed by atoms with van der Waals surface area (Å²) in [5.41, 5.74) is -0.128. The minimum Gasteiger partial charge on any atom is -0.455 e. The topological polar surface area (TPSA) is 26.3 Å². The third kappa shape index (κ3) is 2.71. The number of halogens is 3. The molecule has 0 N–H and O–H groups in total. The molecule has 0 saturated heterocycles. The number of aldehydes is 1. The molecule has 0 saturated carbocycles. The summed E-state index contributed by atoms with van der Waals surface area (Å²) in [7, 11) is 0. The van der Waals surface area contributed by atoms with E-state index < -0.39 is 5.82 Å². The van der Waals surface area contributed by atoms with Gasteiger partial charge >= 0.3 is 0 Å². The number of benzene rings is 2. The Bertz CT molecular complexity index is 602. The van der Waals surface area contributed by atoms with Gasteiger partial charge in [-0.3, -0.25) is 4.79 Å². The van der Waals surface area contributed by atoms with E-state index >= 15 is 0 Å². The number of carbonyl (C=O) groups is 1. The van der Waals surface area contributed by atoms with E-state index in [1.165, 1.54) is 18.2 Å². The Balaban J connectivity index is 2.40. The highest BCUT2D eigenvalue weighted by Crippen LogP contribution is 2.33. The highest BCUT2D eigenvalue weighted by Gasteiger charge is 2.11. The van der Waals surface area contributed by atoms with Crippen LogP contribution in [0.3, 0.4) is 0 Å². The smallest absolute Gasteiger partial charge is 0.156 e. The van der Waals surface area contributed by atoms with Crippen molar-refractivity contribution in [2.24, 2.45) is 0 Å². The van der Waals surface area contributed by atoms with Gasteiger partial charge in [0, 0.05) is 4.47 Å². The molecule has 0 aromatic heterocycles. The molecule has 0 aliphatic carbocycles. The predicted octanol–water partition coefficient (Wildman–Crippen LogP) is 4.85. The average molecular weight is 330 g/mol. The summed E-state index contributed by atoms with van der Waals surface area (Å²) in [5.74, 6) is -0.140. The van der Waals surface area contributed by atoms with Gasteiger partial charge in [-0.15, -0.1) is 0 Å². The molecule has 5 heteroatoms. The molecule has 92 valence electrons. The molecule has 0 heterocycles. The maximum absolute atomic E-state index is 13.4. The van der Waals surface area contributed by atoms with Crippen molar-refractivity contribution in [3.63, 3.8) is 0 Å². The Morgan fingerprint density at radius 2 is 2.00 bits per heavy atom. The highest BCUT2D eigenvalue weighted by atomic mass is 79.9. The van der Waals surface area contributed by atoms with Crippen molar-refractivity contribution in [1.82, 2.24) is 0 Å². The summed E-state index contributed by atoms with van der Waals surface area (Å²) >= 11 is 9.24. The van der Waals surface area contributed by atoms with Crippen molar-refractivity contribution < 1.29 is 13.9 Å². The maximum Gasteiger partial charge on any atom is 0.156 e. The minimum absolute atomic E-state index is 0.128. The zero-order valence-corrected chi connectivity index (χ0v) is 11.3. The van der Waals surface area contributed by atoms with Gasteiger partial charge in [0.1, 0.15) is 17.3 Å². The quantitative estimate of drug-likeness (QED) is 0.753. The maximum atomic E-state index is 13.4. The third-order valence-corrected chi connectivity index (χ3v) is 3.03. The van der Waals surface area contributed by atoms with Crippen molar-refractivity contribution >= 4 is 33.8 Å². The number of carbonyl (C=O) groups excluding carboxylic acids is 1. The molecule has 2 rings (SSSR count). The fourth-order valence-electron chi connectivity index (χ4n) is 1.40. The van der Waals surface area contributed by atoms with E-state index in [0.717, 1.165) is 4.47 Å². The van der Waals surface area contributed by atoms with Crippen molar-refractivity contribution in [3.05, 3.63) is 57.3 Å². The molecule has 2 aromatic carbocycles. The van der Waals surface area contributed by atoms with Crippen molar-refractivity contribution in [2.75, 3.05) is 0 Å². The highest BCUT2D eigenvalue weighted by molar-refractivity contribution is 9.10. The lowest BCUT2D eigenvalue weighted by Crippen LogP contribution is -1.94. The van der Waals surface area contributed by atoms with Gasteiger partial charge in [-0.25, -0.2) is 4.39 Å². The molecule has 18 heavy (non-hydrogen) atoms. The average Bonchev–Trinajstić information content (AvgIpc) is 2.33. The summed E-state index contributed by atoms with van der Waals surface area (Å²) in [5, 5.41) is 0.366. The van der Waals surface area contributed by atoms with Gasteiger partial charge in [-0.05, 0) is 30.3 Å². The van der Waals surface area contributed by atoms with E-state index in [-0.39, 0.29) is 11.3 Å². The Labute approximate surface area is 116 Å². The molecule has 2 nitrogen and oxygen atoms in total. The van der Waals surface area contributed by atoms with Crippen LogP contribution in [0.25, 0.3) is 0 Å². The van der Waals surface area contributed by atoms with Crippen LogP contribution in [0, 0.1) is 5.82 Å². The molecular formula is C13H7BrClFO2. The predicted molar refractivity (Wildman–Crippen MR) is 71.0 cm³/mol. The van der Waals surface area contributed by atoms with Crippen LogP contribution in [0.5, 0.6) is 11.5 Å². The normalized spacial score (nSPS) is 10.2. The molecule has 0 radical (unpaired) electrons. The molecule has 0 bridgehead atoms. The van der Waals surface area contributed by atoms with Crippen LogP contribution in [0.1, 0.15) is 10.4 Å². The monoisotopic (exact) mass is 328 g/mol. The van der Waals surface area contributed by atoms with E-state index in [2.05, 4.69) is 15.9 Å². The summed E-state index contributed by atoms with van der Waals surface area (Å²) in [6.45, 7) is 0. The van der Waals surface area contributed by atoms with Crippen LogP contribution in [-0.4, -0.2) is 6.29 Å². The number of hydrogen-bond acceptors (Lipinski definition) is 2. The van der Waals surface area contributed by atoms with E-state index in [0.29, 0.717) is 17.1 Å². The Kier molecular flexibility index (Phi) is 3.99. The lowest BCUT2D eigenvalue weighted by molar-refractivity contribution is 0.111. The Morgan fingerprint density at radius 3 is 2.67 bits per heavy atom. The lowest BCUT2D eigenvalue weighted by atomic mass is 10.2. The molecule has 0 aliphatic rings. The van der Waals surface area contributed by atoms with E-state index in [1.54, 1.807) is 18.2 Å². The molecule has 2 aromatic rings. The fraction of sp³-hybridized carbons (Fsp3) is 0. The first-order chi connectivity index (χ1) is 8.61. The summed E-state index contributed by atoms with van der Waals surface area (Å²) in [6, 6.07) is 9.18. The summed E-state index contributed by atoms with van der Waals surface area (Å²) in [4.78, 5) is 10.8. The van der Waals surface area contributed by atoms with Crippen LogP contribution in [0.4, 0.5) is 4.39 Å². The fourth-order valence-corrected chi connectivity index (χ4v) is 2.11. The largest absolute Gasteiger partial charge is 0.455 e. The second-order valence-corrected chi connectivity index (χ2v) is 4.77. The second-order valence-electron chi connectivity index (χ2n) is 3.45. The van der Waals surface area contributed by atoms with E-state index in [9.17, 15) is 9.18 Å². The second kappa shape index (κ2) is 5.50. The van der Waals surface area contributed by atoms with Crippen molar-refractivity contribution in [1.29, 1.82) is 0 Å². The van der Waals surface area contributed by atoms with Gasteiger partial charge < -0.3 is 4.74 Å². The zero-order chi connectivity index (χ0) is 13.1. The summed E-state index contributed by atoms with van der Waals surface area (Å²) < 4.78 is 19.6. The SMILES string of the molecule is O=Cc1c(F)cccc1Oc1ccc(Br)cc1Cl. The molecular weight excluding hydrogens is 322 g/mol. The Hall–Kier alpha value is -1.39. The van der Waals surface area contributed by atoms with Crippen LogP contribution < -0.4 is 4.74 Å². The molecule has 0 fully saturated rings. The number of rotatable bonds is 3.